The molecule has 398 valence electrons. The second kappa shape index (κ2) is 59.0. The highest BCUT2D eigenvalue weighted by Gasteiger charge is 2.16. The summed E-state index contributed by atoms with van der Waals surface area (Å²) >= 11 is 0. The first-order valence-electron chi connectivity index (χ1n) is 30.7. The van der Waals surface area contributed by atoms with Crippen LogP contribution in [0, 0.1) is 0 Å². The van der Waals surface area contributed by atoms with Gasteiger partial charge in [-0.05, 0) is 38.5 Å². The standard InChI is InChI=1S/C62H120O5/c1-3-5-7-9-11-13-15-17-18-19-20-21-22-23-24-25-26-27-28-29-30-31-32-33-34-35-36-37-38-39-40-41-42-43-44-45-47-48-50-52-54-56-61(64)66-59-60(58-63)67-62(65)57-55-53-51-49-46-16-14-12-10-8-6-4-2/h12,14,60,63H,3-11,13,15-59H2,1-2H3/b14-12-. The lowest BCUT2D eigenvalue weighted by molar-refractivity contribution is -0.161. The summed E-state index contributed by atoms with van der Waals surface area (Å²) in [5.41, 5.74) is 0. The molecule has 0 radical (unpaired) electrons. The van der Waals surface area contributed by atoms with Crippen molar-refractivity contribution in [3.8, 4) is 0 Å². The summed E-state index contributed by atoms with van der Waals surface area (Å²) in [5.74, 6) is -0.584. The predicted molar refractivity (Wildman–Crippen MR) is 293 cm³/mol. The van der Waals surface area contributed by atoms with Crippen molar-refractivity contribution in [2.24, 2.45) is 0 Å². The maximum Gasteiger partial charge on any atom is 0.306 e. The lowest BCUT2D eigenvalue weighted by Crippen LogP contribution is -2.28. The summed E-state index contributed by atoms with van der Waals surface area (Å²) in [4.78, 5) is 24.4. The number of allylic oxidation sites excluding steroid dienone is 2. The Morgan fingerprint density at radius 3 is 0.836 bits per heavy atom. The number of ether oxygens (including phenoxy) is 2. The Labute approximate surface area is 420 Å². The van der Waals surface area contributed by atoms with Crippen molar-refractivity contribution in [3.63, 3.8) is 0 Å². The molecule has 0 amide bonds. The first kappa shape index (κ1) is 65.6. The second-order valence-corrected chi connectivity index (χ2v) is 21.1. The lowest BCUT2D eigenvalue weighted by atomic mass is 10.0. The van der Waals surface area contributed by atoms with Crippen LogP contribution in [0.4, 0.5) is 0 Å². The summed E-state index contributed by atoms with van der Waals surface area (Å²) in [6, 6.07) is 0. The molecule has 1 unspecified atom stereocenters. The van der Waals surface area contributed by atoms with Gasteiger partial charge in [-0.25, -0.2) is 0 Å². The molecule has 0 spiro atoms. The van der Waals surface area contributed by atoms with Crippen LogP contribution in [0.1, 0.15) is 354 Å². The normalized spacial score (nSPS) is 12.1. The first-order chi connectivity index (χ1) is 33.1. The van der Waals surface area contributed by atoms with Gasteiger partial charge in [0.1, 0.15) is 6.61 Å². The van der Waals surface area contributed by atoms with E-state index in [9.17, 15) is 14.7 Å². The van der Waals surface area contributed by atoms with E-state index >= 15 is 0 Å². The highest BCUT2D eigenvalue weighted by atomic mass is 16.6. The molecule has 0 bridgehead atoms. The van der Waals surface area contributed by atoms with E-state index in [4.69, 9.17) is 9.47 Å². The molecule has 67 heavy (non-hydrogen) atoms. The first-order valence-corrected chi connectivity index (χ1v) is 30.7. The maximum absolute atomic E-state index is 12.2. The Balaban J connectivity index is 3.30. The number of aliphatic hydroxyl groups is 1. The smallest absolute Gasteiger partial charge is 0.306 e. The fraction of sp³-hybridized carbons (Fsp3) is 0.935. The van der Waals surface area contributed by atoms with E-state index < -0.39 is 6.10 Å². The molecular formula is C62H120O5. The minimum absolute atomic E-state index is 0.0627. The van der Waals surface area contributed by atoms with Gasteiger partial charge in [0, 0.05) is 12.8 Å². The minimum atomic E-state index is -0.770. The summed E-state index contributed by atoms with van der Waals surface area (Å²) in [6.45, 7) is 4.15. The third-order valence-corrected chi connectivity index (χ3v) is 14.3. The number of carbonyl (C=O) groups excluding carboxylic acids is 2. The van der Waals surface area contributed by atoms with Crippen molar-refractivity contribution in [1.29, 1.82) is 0 Å². The lowest BCUT2D eigenvalue weighted by Gasteiger charge is -2.15. The fourth-order valence-electron chi connectivity index (χ4n) is 9.67. The molecule has 0 heterocycles. The van der Waals surface area contributed by atoms with Crippen LogP contribution in [0.3, 0.4) is 0 Å². The number of aliphatic hydroxyl groups excluding tert-OH is 1. The molecule has 1 N–H and O–H groups in total. The number of unbranched alkanes of at least 4 members (excludes halogenated alkanes) is 48. The molecule has 0 aromatic heterocycles. The number of carbonyl (C=O) groups is 2. The predicted octanol–water partition coefficient (Wildman–Crippen LogP) is 20.7. The molecule has 1 atom stereocenters. The van der Waals surface area contributed by atoms with Crippen LogP contribution >= 0.6 is 0 Å². The van der Waals surface area contributed by atoms with E-state index in [1.165, 1.54) is 289 Å². The van der Waals surface area contributed by atoms with Crippen LogP contribution in [-0.4, -0.2) is 36.4 Å². The van der Waals surface area contributed by atoms with Gasteiger partial charge >= 0.3 is 11.9 Å². The van der Waals surface area contributed by atoms with Gasteiger partial charge in [-0.3, -0.25) is 9.59 Å². The molecule has 0 saturated carbocycles. The van der Waals surface area contributed by atoms with Crippen LogP contribution in [0.15, 0.2) is 12.2 Å². The molecule has 0 aromatic rings. The van der Waals surface area contributed by atoms with Gasteiger partial charge in [0.05, 0.1) is 6.61 Å². The van der Waals surface area contributed by atoms with Crippen molar-refractivity contribution in [3.05, 3.63) is 12.2 Å². The van der Waals surface area contributed by atoms with Gasteiger partial charge < -0.3 is 14.6 Å². The highest BCUT2D eigenvalue weighted by Crippen LogP contribution is 2.19. The van der Waals surface area contributed by atoms with E-state index in [1.807, 2.05) is 0 Å². The SMILES string of the molecule is CCCCC/C=C\CCCCCCCC(=O)OC(CO)COC(=O)CCCCCCCCCCCCCCCCCCCCCCCCCCCCCCCCCCCCCCCCCCC. The van der Waals surface area contributed by atoms with E-state index in [0.717, 1.165) is 38.5 Å². The minimum Gasteiger partial charge on any atom is -0.462 e. The van der Waals surface area contributed by atoms with E-state index in [2.05, 4.69) is 26.0 Å². The maximum atomic E-state index is 12.2. The van der Waals surface area contributed by atoms with Crippen LogP contribution < -0.4 is 0 Å². The van der Waals surface area contributed by atoms with Crippen LogP contribution in [0.5, 0.6) is 0 Å². The van der Waals surface area contributed by atoms with Gasteiger partial charge in [-0.1, -0.05) is 315 Å². The molecule has 0 saturated heterocycles. The molecule has 5 nitrogen and oxygen atoms in total. The van der Waals surface area contributed by atoms with Crippen LogP contribution in [0.2, 0.25) is 0 Å². The molecule has 0 fully saturated rings. The average molecular weight is 946 g/mol. The Morgan fingerprint density at radius 1 is 0.328 bits per heavy atom. The zero-order chi connectivity index (χ0) is 48.5. The molecule has 0 aliphatic carbocycles. The topological polar surface area (TPSA) is 72.8 Å². The van der Waals surface area contributed by atoms with Gasteiger partial charge in [0.25, 0.3) is 0 Å². The monoisotopic (exact) mass is 945 g/mol. The van der Waals surface area contributed by atoms with Crippen LogP contribution in [0.25, 0.3) is 0 Å². The van der Waals surface area contributed by atoms with Crippen molar-refractivity contribution < 1.29 is 24.2 Å². The molecule has 0 aliphatic rings. The van der Waals surface area contributed by atoms with Crippen molar-refractivity contribution in [2.45, 2.75) is 360 Å². The Morgan fingerprint density at radius 2 is 0.552 bits per heavy atom. The average Bonchev–Trinajstić information content (AvgIpc) is 3.33. The third kappa shape index (κ3) is 57.1. The Kier molecular flexibility index (Phi) is 57.8. The molecule has 0 aromatic carbocycles. The third-order valence-electron chi connectivity index (χ3n) is 14.3. The van der Waals surface area contributed by atoms with Gasteiger partial charge in [-0.2, -0.15) is 0 Å². The number of hydrogen-bond acceptors (Lipinski definition) is 5. The number of hydrogen-bond donors (Lipinski definition) is 1. The summed E-state index contributed by atoms with van der Waals surface area (Å²) < 4.78 is 10.7. The number of rotatable bonds is 58. The Hall–Kier alpha value is -1.36. The second-order valence-electron chi connectivity index (χ2n) is 21.1. The van der Waals surface area contributed by atoms with E-state index in [0.29, 0.717) is 12.8 Å². The number of esters is 2. The van der Waals surface area contributed by atoms with Crippen molar-refractivity contribution >= 4 is 11.9 Å². The van der Waals surface area contributed by atoms with Crippen LogP contribution in [-0.2, 0) is 19.1 Å². The van der Waals surface area contributed by atoms with Gasteiger partial charge in [0.2, 0.25) is 0 Å². The highest BCUT2D eigenvalue weighted by molar-refractivity contribution is 5.70. The quantitative estimate of drug-likeness (QED) is 0.0374. The summed E-state index contributed by atoms with van der Waals surface area (Å²) in [6.07, 6.45) is 73.9. The fourth-order valence-corrected chi connectivity index (χ4v) is 9.67. The zero-order valence-corrected chi connectivity index (χ0v) is 45.7. The summed E-state index contributed by atoms with van der Waals surface area (Å²) in [7, 11) is 0. The molecule has 0 rings (SSSR count). The van der Waals surface area contributed by atoms with Gasteiger partial charge in [0.15, 0.2) is 6.10 Å². The van der Waals surface area contributed by atoms with Gasteiger partial charge in [-0.15, -0.1) is 0 Å². The van der Waals surface area contributed by atoms with Crippen molar-refractivity contribution in [2.75, 3.05) is 13.2 Å². The zero-order valence-electron chi connectivity index (χ0n) is 45.7. The van der Waals surface area contributed by atoms with Crippen molar-refractivity contribution in [1.82, 2.24) is 0 Å². The Bertz CT molecular complexity index is 979. The molecule has 0 aliphatic heterocycles. The largest absolute Gasteiger partial charge is 0.462 e. The summed E-state index contributed by atoms with van der Waals surface area (Å²) in [5, 5.41) is 9.60. The molecule has 5 heteroatoms. The van der Waals surface area contributed by atoms with E-state index in [-0.39, 0.29) is 25.2 Å². The molecular weight excluding hydrogens is 825 g/mol. The van der Waals surface area contributed by atoms with E-state index in [1.54, 1.807) is 0 Å².